The third-order valence-corrected chi connectivity index (χ3v) is 3.28. The molecule has 17 heavy (non-hydrogen) atoms. The highest BCUT2D eigenvalue weighted by atomic mass is 16.2. The van der Waals surface area contributed by atoms with Crippen molar-refractivity contribution in [3.63, 3.8) is 0 Å². The van der Waals surface area contributed by atoms with Crippen LogP contribution in [-0.2, 0) is 4.79 Å². The van der Waals surface area contributed by atoms with E-state index in [9.17, 15) is 4.79 Å². The average molecular weight is 230 g/mol. The topological polar surface area (TPSA) is 75.0 Å². The quantitative estimate of drug-likeness (QED) is 0.804. The van der Waals surface area contributed by atoms with Gasteiger partial charge < -0.3 is 10.6 Å². The van der Waals surface area contributed by atoms with Crippen LogP contribution in [0.3, 0.4) is 0 Å². The first-order valence-corrected chi connectivity index (χ1v) is 5.72. The highest BCUT2D eigenvalue weighted by molar-refractivity contribution is 6.03. The molecule has 1 fully saturated rings. The van der Waals surface area contributed by atoms with E-state index in [2.05, 4.69) is 10.2 Å². The zero-order chi connectivity index (χ0) is 11.8. The minimum Gasteiger partial charge on any atom is -0.330 e. The van der Waals surface area contributed by atoms with Crippen LogP contribution in [0.15, 0.2) is 24.4 Å². The summed E-state index contributed by atoms with van der Waals surface area (Å²) in [5, 5.41) is 7.97. The van der Waals surface area contributed by atoms with Crippen molar-refractivity contribution in [3.05, 3.63) is 24.4 Å². The number of hydrogen-bond donors (Lipinski definition) is 2. The minimum atomic E-state index is 0.141. The SMILES string of the molecule is NCC1CC(=O)N(c2cccc3cn[nH]c23)C1. The van der Waals surface area contributed by atoms with E-state index in [-0.39, 0.29) is 11.8 Å². The molecule has 1 aliphatic heterocycles. The van der Waals surface area contributed by atoms with Crippen LogP contribution in [0.5, 0.6) is 0 Å². The summed E-state index contributed by atoms with van der Waals surface area (Å²) in [4.78, 5) is 13.7. The molecule has 0 bridgehead atoms. The number of benzene rings is 1. The molecule has 2 heterocycles. The molecule has 1 aromatic carbocycles. The number of nitrogens with one attached hydrogen (secondary N) is 1. The number of aromatic amines is 1. The van der Waals surface area contributed by atoms with E-state index < -0.39 is 0 Å². The zero-order valence-electron chi connectivity index (χ0n) is 9.39. The van der Waals surface area contributed by atoms with Crippen LogP contribution >= 0.6 is 0 Å². The van der Waals surface area contributed by atoms with Crippen LogP contribution in [-0.4, -0.2) is 29.2 Å². The average Bonchev–Trinajstić information content (AvgIpc) is 2.94. The number of nitrogens with two attached hydrogens (primary N) is 1. The van der Waals surface area contributed by atoms with Crippen LogP contribution in [0.25, 0.3) is 10.9 Å². The maximum atomic E-state index is 11.9. The third kappa shape index (κ3) is 1.59. The van der Waals surface area contributed by atoms with Crippen molar-refractivity contribution in [1.82, 2.24) is 10.2 Å². The number of hydrogen-bond acceptors (Lipinski definition) is 3. The second kappa shape index (κ2) is 3.85. The molecule has 0 aliphatic carbocycles. The normalized spacial score (nSPS) is 20.4. The monoisotopic (exact) mass is 230 g/mol. The number of anilines is 1. The predicted molar refractivity (Wildman–Crippen MR) is 65.6 cm³/mol. The van der Waals surface area contributed by atoms with Crippen LogP contribution < -0.4 is 10.6 Å². The molecule has 0 spiro atoms. The summed E-state index contributed by atoms with van der Waals surface area (Å²) in [6.07, 6.45) is 2.31. The Hall–Kier alpha value is -1.88. The summed E-state index contributed by atoms with van der Waals surface area (Å²) in [6.45, 7) is 1.26. The Morgan fingerprint density at radius 3 is 3.18 bits per heavy atom. The lowest BCUT2D eigenvalue weighted by molar-refractivity contribution is -0.117. The van der Waals surface area contributed by atoms with Crippen molar-refractivity contribution >= 4 is 22.5 Å². The first-order valence-electron chi connectivity index (χ1n) is 5.72. The zero-order valence-corrected chi connectivity index (χ0v) is 9.39. The fraction of sp³-hybridized carbons (Fsp3) is 0.333. The fourth-order valence-electron chi connectivity index (χ4n) is 2.35. The number of aromatic nitrogens is 2. The Kier molecular flexibility index (Phi) is 2.33. The van der Waals surface area contributed by atoms with E-state index in [0.717, 1.165) is 16.6 Å². The smallest absolute Gasteiger partial charge is 0.227 e. The molecule has 3 rings (SSSR count). The van der Waals surface area contributed by atoms with Gasteiger partial charge in [-0.3, -0.25) is 9.89 Å². The number of fused-ring (bicyclic) bond motifs is 1. The van der Waals surface area contributed by atoms with Crippen LogP contribution in [0.2, 0.25) is 0 Å². The third-order valence-electron chi connectivity index (χ3n) is 3.28. The number of para-hydroxylation sites is 1. The number of nitrogens with zero attached hydrogens (tertiary/aromatic N) is 2. The molecule has 0 radical (unpaired) electrons. The lowest BCUT2D eigenvalue weighted by Gasteiger charge is -2.17. The van der Waals surface area contributed by atoms with Crippen molar-refractivity contribution in [1.29, 1.82) is 0 Å². The Morgan fingerprint density at radius 1 is 1.53 bits per heavy atom. The molecule has 5 nitrogen and oxygen atoms in total. The Bertz CT molecular complexity index is 562. The molecule has 2 aromatic rings. The van der Waals surface area contributed by atoms with Crippen LogP contribution in [0, 0.1) is 5.92 Å². The molecule has 1 aliphatic rings. The first kappa shape index (κ1) is 10.3. The van der Waals surface area contributed by atoms with Gasteiger partial charge in [-0.25, -0.2) is 0 Å². The summed E-state index contributed by atoms with van der Waals surface area (Å²) in [5.74, 6) is 0.406. The van der Waals surface area contributed by atoms with Gasteiger partial charge in [-0.05, 0) is 18.5 Å². The van der Waals surface area contributed by atoms with E-state index >= 15 is 0 Å². The molecule has 0 saturated carbocycles. The molecule has 1 amide bonds. The van der Waals surface area contributed by atoms with E-state index in [0.29, 0.717) is 19.5 Å². The van der Waals surface area contributed by atoms with Crippen LogP contribution in [0.1, 0.15) is 6.42 Å². The highest BCUT2D eigenvalue weighted by Gasteiger charge is 2.30. The number of H-pyrrole nitrogens is 1. The molecule has 1 saturated heterocycles. The Labute approximate surface area is 98.6 Å². The van der Waals surface area contributed by atoms with Crippen LogP contribution in [0.4, 0.5) is 5.69 Å². The van der Waals surface area contributed by atoms with Gasteiger partial charge in [0.2, 0.25) is 5.91 Å². The highest BCUT2D eigenvalue weighted by Crippen LogP contribution is 2.29. The summed E-state index contributed by atoms with van der Waals surface area (Å²) in [7, 11) is 0. The van der Waals surface area contributed by atoms with E-state index in [1.54, 1.807) is 11.1 Å². The second-order valence-electron chi connectivity index (χ2n) is 4.42. The summed E-state index contributed by atoms with van der Waals surface area (Å²) >= 11 is 0. The minimum absolute atomic E-state index is 0.141. The Balaban J connectivity index is 2.04. The van der Waals surface area contributed by atoms with Gasteiger partial charge in [0, 0.05) is 18.4 Å². The maximum absolute atomic E-state index is 11.9. The van der Waals surface area contributed by atoms with Crippen molar-refractivity contribution in [2.24, 2.45) is 11.7 Å². The predicted octanol–water partition coefficient (Wildman–Crippen LogP) is 0.874. The van der Waals surface area contributed by atoms with Gasteiger partial charge >= 0.3 is 0 Å². The van der Waals surface area contributed by atoms with Gasteiger partial charge in [0.1, 0.15) is 0 Å². The maximum Gasteiger partial charge on any atom is 0.227 e. The van der Waals surface area contributed by atoms with Crippen molar-refractivity contribution in [2.75, 3.05) is 18.0 Å². The lowest BCUT2D eigenvalue weighted by atomic mass is 10.1. The number of amides is 1. The van der Waals surface area contributed by atoms with E-state index in [1.165, 1.54) is 0 Å². The molecule has 5 heteroatoms. The first-order chi connectivity index (χ1) is 8.29. The Morgan fingerprint density at radius 2 is 2.41 bits per heavy atom. The molecule has 88 valence electrons. The number of carbonyl (C=O) groups excluding carboxylic acids is 1. The summed E-state index contributed by atoms with van der Waals surface area (Å²) < 4.78 is 0. The molecule has 3 N–H and O–H groups in total. The molecular formula is C12H14N4O. The van der Waals surface area contributed by atoms with E-state index in [4.69, 9.17) is 5.73 Å². The standard InChI is InChI=1S/C12H14N4O/c13-5-8-4-11(17)16(7-8)10-3-1-2-9-6-14-15-12(9)10/h1-3,6,8H,4-5,7,13H2,(H,14,15). The molecule has 1 unspecified atom stereocenters. The molecular weight excluding hydrogens is 216 g/mol. The van der Waals surface area contributed by atoms with E-state index in [1.807, 2.05) is 18.2 Å². The lowest BCUT2D eigenvalue weighted by Crippen LogP contribution is -2.25. The fourth-order valence-corrected chi connectivity index (χ4v) is 2.35. The number of rotatable bonds is 2. The van der Waals surface area contributed by atoms with Crippen molar-refractivity contribution < 1.29 is 4.79 Å². The van der Waals surface area contributed by atoms with Crippen molar-refractivity contribution in [3.8, 4) is 0 Å². The summed E-state index contributed by atoms with van der Waals surface area (Å²) in [6, 6.07) is 5.86. The van der Waals surface area contributed by atoms with Gasteiger partial charge in [-0.15, -0.1) is 0 Å². The second-order valence-corrected chi connectivity index (χ2v) is 4.42. The van der Waals surface area contributed by atoms with Gasteiger partial charge in [0.15, 0.2) is 0 Å². The molecule has 1 atom stereocenters. The van der Waals surface area contributed by atoms with Gasteiger partial charge in [-0.1, -0.05) is 12.1 Å². The van der Waals surface area contributed by atoms with Gasteiger partial charge in [0.25, 0.3) is 0 Å². The van der Waals surface area contributed by atoms with Gasteiger partial charge in [0.05, 0.1) is 17.4 Å². The number of carbonyl (C=O) groups is 1. The largest absolute Gasteiger partial charge is 0.330 e. The van der Waals surface area contributed by atoms with Crippen molar-refractivity contribution in [2.45, 2.75) is 6.42 Å². The van der Waals surface area contributed by atoms with Gasteiger partial charge in [-0.2, -0.15) is 5.10 Å². The summed E-state index contributed by atoms with van der Waals surface area (Å²) in [5.41, 5.74) is 7.45. The molecule has 1 aromatic heterocycles.